The monoisotopic (exact) mass is 576 g/mol. The van der Waals surface area contributed by atoms with Crippen molar-refractivity contribution in [1.29, 1.82) is 0 Å². The SMILES string of the molecule is C=CC[C@@H]1O[C@H](C[C@@H](COC(=O)c2ccccc2)OC(=O)c2ccccc2)[C@H](O)C1=CS(=O)(=O)c1ccc(C)cc1. The summed E-state index contributed by atoms with van der Waals surface area (Å²) in [5.41, 5.74) is 1.71. The highest BCUT2D eigenvalue weighted by molar-refractivity contribution is 7.94. The van der Waals surface area contributed by atoms with Crippen molar-refractivity contribution in [3.8, 4) is 0 Å². The van der Waals surface area contributed by atoms with Crippen molar-refractivity contribution in [3.63, 3.8) is 0 Å². The molecule has 4 atom stereocenters. The summed E-state index contributed by atoms with van der Waals surface area (Å²) in [5, 5.41) is 12.3. The molecule has 1 saturated heterocycles. The first-order chi connectivity index (χ1) is 19.7. The Kier molecular flexibility index (Phi) is 9.88. The van der Waals surface area contributed by atoms with Gasteiger partial charge in [0, 0.05) is 17.4 Å². The second-order valence-electron chi connectivity index (χ2n) is 9.70. The molecule has 4 rings (SSSR count). The number of carbonyl (C=O) groups is 2. The highest BCUT2D eigenvalue weighted by atomic mass is 32.2. The lowest BCUT2D eigenvalue weighted by Crippen LogP contribution is -2.33. The van der Waals surface area contributed by atoms with E-state index in [4.69, 9.17) is 14.2 Å². The topological polar surface area (TPSA) is 116 Å². The van der Waals surface area contributed by atoms with Crippen molar-refractivity contribution in [2.24, 2.45) is 0 Å². The van der Waals surface area contributed by atoms with Gasteiger partial charge in [-0.05, 0) is 49.7 Å². The van der Waals surface area contributed by atoms with Crippen molar-refractivity contribution < 1.29 is 37.3 Å². The van der Waals surface area contributed by atoms with Gasteiger partial charge in [-0.1, -0.05) is 60.2 Å². The van der Waals surface area contributed by atoms with Crippen LogP contribution in [0.2, 0.25) is 0 Å². The van der Waals surface area contributed by atoms with Crippen LogP contribution in [0.3, 0.4) is 0 Å². The summed E-state index contributed by atoms with van der Waals surface area (Å²) < 4.78 is 43.5. The molecule has 3 aromatic carbocycles. The highest BCUT2D eigenvalue weighted by Crippen LogP contribution is 2.33. The van der Waals surface area contributed by atoms with Crippen LogP contribution < -0.4 is 0 Å². The summed E-state index contributed by atoms with van der Waals surface area (Å²) in [6.07, 6.45) is -2.25. The molecule has 0 amide bonds. The molecule has 0 bridgehead atoms. The van der Waals surface area contributed by atoms with Crippen LogP contribution in [0.25, 0.3) is 0 Å². The highest BCUT2D eigenvalue weighted by Gasteiger charge is 2.41. The summed E-state index contributed by atoms with van der Waals surface area (Å²) in [5.74, 6) is -1.24. The van der Waals surface area contributed by atoms with Crippen LogP contribution in [-0.4, -0.2) is 56.5 Å². The van der Waals surface area contributed by atoms with E-state index in [2.05, 4.69) is 6.58 Å². The van der Waals surface area contributed by atoms with Crippen LogP contribution in [0, 0.1) is 6.92 Å². The summed E-state index contributed by atoms with van der Waals surface area (Å²) in [7, 11) is -3.89. The molecule has 0 aliphatic carbocycles. The van der Waals surface area contributed by atoms with E-state index in [9.17, 15) is 23.1 Å². The van der Waals surface area contributed by atoms with Crippen LogP contribution in [-0.2, 0) is 24.0 Å². The maximum Gasteiger partial charge on any atom is 0.338 e. The van der Waals surface area contributed by atoms with Gasteiger partial charge < -0.3 is 19.3 Å². The fraction of sp³-hybridized carbons (Fsp3) is 0.250. The van der Waals surface area contributed by atoms with Crippen molar-refractivity contribution in [3.05, 3.63) is 125 Å². The number of esters is 2. The third kappa shape index (κ3) is 7.79. The molecule has 8 nitrogen and oxygen atoms in total. The third-order valence-corrected chi connectivity index (χ3v) is 8.13. The summed E-state index contributed by atoms with van der Waals surface area (Å²) in [6, 6.07) is 23.1. The van der Waals surface area contributed by atoms with Crippen LogP contribution in [0.4, 0.5) is 0 Å². The van der Waals surface area contributed by atoms with Gasteiger partial charge in [0.05, 0.1) is 28.2 Å². The number of carbonyl (C=O) groups excluding carboxylic acids is 2. The fourth-order valence-electron chi connectivity index (χ4n) is 4.45. The minimum atomic E-state index is -3.89. The Morgan fingerprint density at radius 2 is 1.54 bits per heavy atom. The normalized spacial score (nSPS) is 20.3. The zero-order valence-corrected chi connectivity index (χ0v) is 23.4. The van der Waals surface area contributed by atoms with Gasteiger partial charge in [-0.2, -0.15) is 0 Å². The first kappa shape index (κ1) is 29.9. The Balaban J connectivity index is 1.55. The molecule has 0 radical (unpaired) electrons. The average Bonchev–Trinajstić information content (AvgIpc) is 3.25. The second kappa shape index (κ2) is 13.5. The van der Waals surface area contributed by atoms with E-state index in [1.165, 1.54) is 12.1 Å². The van der Waals surface area contributed by atoms with E-state index in [0.29, 0.717) is 11.1 Å². The number of ether oxygens (including phenoxy) is 3. The van der Waals surface area contributed by atoms with Crippen molar-refractivity contribution in [2.45, 2.75) is 49.1 Å². The number of rotatable bonds is 11. The molecule has 0 aromatic heterocycles. The average molecular weight is 577 g/mol. The lowest BCUT2D eigenvalue weighted by molar-refractivity contribution is -0.0449. The first-order valence-corrected chi connectivity index (χ1v) is 14.7. The molecule has 0 spiro atoms. The minimum absolute atomic E-state index is 0.0582. The predicted octanol–water partition coefficient (Wildman–Crippen LogP) is 4.83. The van der Waals surface area contributed by atoms with Crippen molar-refractivity contribution in [2.75, 3.05) is 6.61 Å². The minimum Gasteiger partial charge on any atom is -0.458 e. The number of aryl methyl sites for hydroxylation is 1. The number of aliphatic hydroxyl groups excluding tert-OH is 1. The van der Waals surface area contributed by atoms with Crippen molar-refractivity contribution in [1.82, 2.24) is 0 Å². The van der Waals surface area contributed by atoms with Gasteiger partial charge in [0.15, 0.2) is 9.84 Å². The predicted molar refractivity (Wildman–Crippen MR) is 153 cm³/mol. The smallest absolute Gasteiger partial charge is 0.338 e. The maximum atomic E-state index is 13.1. The molecular formula is C32H32O8S. The number of hydrogen-bond acceptors (Lipinski definition) is 8. The molecule has 9 heteroatoms. The number of aliphatic hydroxyl groups is 1. The molecule has 1 aliphatic rings. The van der Waals surface area contributed by atoms with E-state index in [0.717, 1.165) is 11.0 Å². The quantitative estimate of drug-likeness (QED) is 0.255. The molecule has 41 heavy (non-hydrogen) atoms. The van der Waals surface area contributed by atoms with Gasteiger partial charge in [-0.3, -0.25) is 0 Å². The Labute approximate surface area is 239 Å². The molecule has 1 aliphatic heterocycles. The number of benzene rings is 3. The third-order valence-electron chi connectivity index (χ3n) is 6.61. The molecule has 214 valence electrons. The Bertz CT molecular complexity index is 1480. The van der Waals surface area contributed by atoms with Gasteiger partial charge in [0.1, 0.15) is 18.8 Å². The standard InChI is InChI=1S/C32H32O8S/c1-3-10-28-27(21-41(36,37)26-17-15-22(2)16-18-26)30(33)29(40-28)19-25(39-32(35)24-13-8-5-9-14-24)20-38-31(34)23-11-6-4-7-12-23/h3-9,11-18,21,25,28-30,33H,1,10,19-20H2,2H3/t25-,28-,29+,30+/m0/s1. The van der Waals surface area contributed by atoms with Crippen LogP contribution in [0.5, 0.6) is 0 Å². The molecule has 1 fully saturated rings. The Hall–Kier alpha value is -4.05. The van der Waals surface area contributed by atoms with Gasteiger partial charge in [-0.15, -0.1) is 6.58 Å². The first-order valence-electron chi connectivity index (χ1n) is 13.1. The molecule has 1 heterocycles. The lowest BCUT2D eigenvalue weighted by Gasteiger charge is -2.22. The molecule has 3 aromatic rings. The van der Waals surface area contributed by atoms with Gasteiger partial charge >= 0.3 is 11.9 Å². The molecular weight excluding hydrogens is 544 g/mol. The van der Waals surface area contributed by atoms with E-state index >= 15 is 0 Å². The second-order valence-corrected chi connectivity index (χ2v) is 11.5. The summed E-state index contributed by atoms with van der Waals surface area (Å²) >= 11 is 0. The van der Waals surface area contributed by atoms with E-state index in [1.807, 2.05) is 6.92 Å². The zero-order chi connectivity index (χ0) is 29.4. The van der Waals surface area contributed by atoms with Gasteiger partial charge in [-0.25, -0.2) is 18.0 Å². The maximum absolute atomic E-state index is 13.1. The van der Waals surface area contributed by atoms with Gasteiger partial charge in [0.25, 0.3) is 0 Å². The Morgan fingerprint density at radius 1 is 0.951 bits per heavy atom. The van der Waals surface area contributed by atoms with E-state index in [-0.39, 0.29) is 29.9 Å². The van der Waals surface area contributed by atoms with E-state index in [1.54, 1.807) is 78.9 Å². The van der Waals surface area contributed by atoms with Crippen LogP contribution >= 0.6 is 0 Å². The lowest BCUT2D eigenvalue weighted by atomic mass is 10.0. The van der Waals surface area contributed by atoms with Crippen LogP contribution in [0.15, 0.2) is 113 Å². The van der Waals surface area contributed by atoms with Crippen LogP contribution in [0.1, 0.15) is 39.1 Å². The zero-order valence-electron chi connectivity index (χ0n) is 22.6. The van der Waals surface area contributed by atoms with Gasteiger partial charge in [0.2, 0.25) is 0 Å². The molecule has 0 saturated carbocycles. The largest absolute Gasteiger partial charge is 0.458 e. The number of sulfone groups is 1. The number of hydrogen-bond donors (Lipinski definition) is 1. The molecule has 1 N–H and O–H groups in total. The summed E-state index contributed by atoms with van der Waals surface area (Å²) in [4.78, 5) is 25.5. The summed E-state index contributed by atoms with van der Waals surface area (Å²) in [6.45, 7) is 5.27. The Morgan fingerprint density at radius 3 is 2.12 bits per heavy atom. The van der Waals surface area contributed by atoms with Crippen molar-refractivity contribution >= 4 is 21.8 Å². The molecule has 0 unspecified atom stereocenters. The van der Waals surface area contributed by atoms with E-state index < -0.39 is 46.2 Å². The fourth-order valence-corrected chi connectivity index (χ4v) is 5.75.